The molecule has 3 unspecified atom stereocenters. The number of nitrogens with one attached hydrogen (secondary N) is 2. The molecule has 0 amide bonds. The predicted molar refractivity (Wildman–Crippen MR) is 81.2 cm³/mol. The minimum absolute atomic E-state index is 0.588. The largest absolute Gasteiger partial charge is 0.478 e. The van der Waals surface area contributed by atoms with Gasteiger partial charge in [-0.25, -0.2) is 4.98 Å². The second kappa shape index (κ2) is 6.44. The Morgan fingerprint density at radius 2 is 2.25 bits per heavy atom. The van der Waals surface area contributed by atoms with E-state index in [2.05, 4.69) is 21.7 Å². The fraction of sp³-hybridized carbons (Fsp3) is 0.688. The van der Waals surface area contributed by atoms with Gasteiger partial charge in [0.25, 0.3) is 0 Å². The highest BCUT2D eigenvalue weighted by atomic mass is 16.5. The van der Waals surface area contributed by atoms with E-state index >= 15 is 0 Å². The molecule has 0 spiro atoms. The monoisotopic (exact) mass is 275 g/mol. The van der Waals surface area contributed by atoms with Crippen LogP contribution in [0.3, 0.4) is 0 Å². The van der Waals surface area contributed by atoms with Gasteiger partial charge >= 0.3 is 0 Å². The number of hydrogen-bond donors (Lipinski definition) is 2. The molecule has 2 N–H and O–H groups in total. The Balaban J connectivity index is 1.60. The standard InChI is InChI=1S/C16H25N3O/c1-2-20-16-9-8-12(11-18-16)19-15-6-3-5-13(15)14-7-4-10-17-14/h8-9,11,13-15,17,19H,2-7,10H2,1H3. The quantitative estimate of drug-likeness (QED) is 0.867. The molecule has 1 saturated carbocycles. The Bertz CT molecular complexity index is 414. The Kier molecular flexibility index (Phi) is 4.41. The van der Waals surface area contributed by atoms with E-state index in [1.807, 2.05) is 19.2 Å². The number of rotatable bonds is 5. The van der Waals surface area contributed by atoms with Gasteiger partial charge in [0.2, 0.25) is 5.88 Å². The molecule has 20 heavy (non-hydrogen) atoms. The fourth-order valence-electron chi connectivity index (χ4n) is 3.64. The Labute approximate surface area is 121 Å². The highest BCUT2D eigenvalue weighted by molar-refractivity contribution is 5.43. The molecule has 1 aromatic rings. The number of pyridine rings is 1. The van der Waals surface area contributed by atoms with E-state index in [0.29, 0.717) is 24.6 Å². The van der Waals surface area contributed by atoms with E-state index in [4.69, 9.17) is 4.74 Å². The second-order valence-electron chi connectivity index (χ2n) is 5.87. The molecule has 2 aliphatic rings. The average Bonchev–Trinajstić information content (AvgIpc) is 3.12. The number of aromatic nitrogens is 1. The minimum atomic E-state index is 0.588. The summed E-state index contributed by atoms with van der Waals surface area (Å²) in [6, 6.07) is 5.33. The van der Waals surface area contributed by atoms with Crippen molar-refractivity contribution in [3.05, 3.63) is 18.3 Å². The van der Waals surface area contributed by atoms with Crippen LogP contribution in [0.1, 0.15) is 39.0 Å². The van der Waals surface area contributed by atoms with Crippen LogP contribution >= 0.6 is 0 Å². The van der Waals surface area contributed by atoms with Crippen molar-refractivity contribution >= 4 is 5.69 Å². The van der Waals surface area contributed by atoms with Crippen molar-refractivity contribution in [2.75, 3.05) is 18.5 Å². The van der Waals surface area contributed by atoms with Crippen LogP contribution in [0, 0.1) is 5.92 Å². The van der Waals surface area contributed by atoms with E-state index in [0.717, 1.165) is 11.6 Å². The summed E-state index contributed by atoms with van der Waals surface area (Å²) in [5.74, 6) is 1.47. The summed E-state index contributed by atoms with van der Waals surface area (Å²) < 4.78 is 5.38. The van der Waals surface area contributed by atoms with Crippen LogP contribution < -0.4 is 15.4 Å². The minimum Gasteiger partial charge on any atom is -0.478 e. The molecular weight excluding hydrogens is 250 g/mol. The molecule has 4 nitrogen and oxygen atoms in total. The molecule has 0 radical (unpaired) electrons. The Morgan fingerprint density at radius 1 is 1.30 bits per heavy atom. The summed E-state index contributed by atoms with van der Waals surface area (Å²) in [7, 11) is 0. The van der Waals surface area contributed by atoms with Crippen molar-refractivity contribution < 1.29 is 4.74 Å². The topological polar surface area (TPSA) is 46.2 Å². The van der Waals surface area contributed by atoms with Gasteiger partial charge < -0.3 is 15.4 Å². The fourth-order valence-corrected chi connectivity index (χ4v) is 3.64. The maximum atomic E-state index is 5.38. The maximum absolute atomic E-state index is 5.38. The lowest BCUT2D eigenvalue weighted by Crippen LogP contribution is -2.38. The van der Waals surface area contributed by atoms with Gasteiger partial charge in [-0.1, -0.05) is 6.42 Å². The van der Waals surface area contributed by atoms with E-state index in [1.165, 1.54) is 38.6 Å². The zero-order chi connectivity index (χ0) is 13.8. The number of ether oxygens (including phenoxy) is 1. The molecule has 1 saturated heterocycles. The van der Waals surface area contributed by atoms with Gasteiger partial charge in [0.1, 0.15) is 0 Å². The third-order valence-corrected chi connectivity index (χ3v) is 4.57. The van der Waals surface area contributed by atoms with Crippen molar-refractivity contribution in [1.82, 2.24) is 10.3 Å². The lowest BCUT2D eigenvalue weighted by atomic mass is 9.93. The van der Waals surface area contributed by atoms with Crippen LogP contribution in [0.4, 0.5) is 5.69 Å². The molecule has 0 aromatic carbocycles. The van der Waals surface area contributed by atoms with E-state index in [-0.39, 0.29) is 0 Å². The Hall–Kier alpha value is -1.29. The first kappa shape index (κ1) is 13.7. The molecule has 0 bridgehead atoms. The molecule has 1 aromatic heterocycles. The van der Waals surface area contributed by atoms with Crippen LogP contribution in [0.2, 0.25) is 0 Å². The zero-order valence-electron chi connectivity index (χ0n) is 12.3. The SMILES string of the molecule is CCOc1ccc(NC2CCCC2C2CCCN2)cn1. The van der Waals surface area contributed by atoms with Gasteiger partial charge in [0.15, 0.2) is 0 Å². The van der Waals surface area contributed by atoms with Crippen molar-refractivity contribution in [3.8, 4) is 5.88 Å². The van der Waals surface area contributed by atoms with Crippen molar-refractivity contribution in [2.45, 2.75) is 51.1 Å². The van der Waals surface area contributed by atoms with Crippen molar-refractivity contribution in [3.63, 3.8) is 0 Å². The van der Waals surface area contributed by atoms with Gasteiger partial charge in [-0.3, -0.25) is 0 Å². The summed E-state index contributed by atoms with van der Waals surface area (Å²) >= 11 is 0. The zero-order valence-corrected chi connectivity index (χ0v) is 12.3. The van der Waals surface area contributed by atoms with Crippen molar-refractivity contribution in [2.24, 2.45) is 5.92 Å². The lowest BCUT2D eigenvalue weighted by molar-refractivity contribution is 0.327. The average molecular weight is 275 g/mol. The number of anilines is 1. The van der Waals surface area contributed by atoms with Gasteiger partial charge in [-0.05, 0) is 51.1 Å². The van der Waals surface area contributed by atoms with E-state index in [9.17, 15) is 0 Å². The van der Waals surface area contributed by atoms with E-state index < -0.39 is 0 Å². The molecule has 3 atom stereocenters. The van der Waals surface area contributed by atoms with Crippen LogP contribution in [-0.4, -0.2) is 30.2 Å². The molecule has 4 heteroatoms. The van der Waals surface area contributed by atoms with Gasteiger partial charge in [-0.2, -0.15) is 0 Å². The predicted octanol–water partition coefficient (Wildman–Crippen LogP) is 2.81. The number of nitrogens with zero attached hydrogens (tertiary/aromatic N) is 1. The third-order valence-electron chi connectivity index (χ3n) is 4.57. The maximum Gasteiger partial charge on any atom is 0.213 e. The first-order chi connectivity index (χ1) is 9.86. The van der Waals surface area contributed by atoms with E-state index in [1.54, 1.807) is 0 Å². The van der Waals surface area contributed by atoms with Gasteiger partial charge in [-0.15, -0.1) is 0 Å². The summed E-state index contributed by atoms with van der Waals surface area (Å²) in [5.41, 5.74) is 1.11. The van der Waals surface area contributed by atoms with Crippen molar-refractivity contribution in [1.29, 1.82) is 0 Å². The molecule has 2 fully saturated rings. The van der Waals surface area contributed by atoms with Gasteiger partial charge in [0.05, 0.1) is 18.5 Å². The van der Waals surface area contributed by atoms with Crippen LogP contribution in [-0.2, 0) is 0 Å². The highest BCUT2D eigenvalue weighted by Gasteiger charge is 2.34. The summed E-state index contributed by atoms with van der Waals surface area (Å²) in [4.78, 5) is 4.33. The van der Waals surface area contributed by atoms with Crippen LogP contribution in [0.25, 0.3) is 0 Å². The lowest BCUT2D eigenvalue weighted by Gasteiger charge is -2.27. The molecule has 110 valence electrons. The van der Waals surface area contributed by atoms with Gasteiger partial charge in [0, 0.05) is 18.2 Å². The number of hydrogen-bond acceptors (Lipinski definition) is 4. The molecular formula is C16H25N3O. The summed E-state index contributed by atoms with van der Waals surface area (Å²) in [5, 5.41) is 7.34. The summed E-state index contributed by atoms with van der Waals surface area (Å²) in [6.45, 7) is 3.84. The first-order valence-corrected chi connectivity index (χ1v) is 7.95. The highest BCUT2D eigenvalue weighted by Crippen LogP contribution is 2.33. The smallest absolute Gasteiger partial charge is 0.213 e. The third kappa shape index (κ3) is 3.06. The Morgan fingerprint density at radius 3 is 2.95 bits per heavy atom. The molecule has 3 rings (SSSR count). The first-order valence-electron chi connectivity index (χ1n) is 7.95. The van der Waals surface area contributed by atoms with Crippen LogP contribution in [0.5, 0.6) is 5.88 Å². The molecule has 2 heterocycles. The molecule has 1 aliphatic heterocycles. The van der Waals surface area contributed by atoms with Crippen LogP contribution in [0.15, 0.2) is 18.3 Å². The second-order valence-corrected chi connectivity index (χ2v) is 5.87. The summed E-state index contributed by atoms with van der Waals surface area (Å²) in [6.07, 6.45) is 8.52. The molecule has 1 aliphatic carbocycles. The normalized spacial score (nSPS) is 29.6.